The van der Waals surface area contributed by atoms with E-state index in [0.29, 0.717) is 12.0 Å². The Hall–Kier alpha value is -1.57. The van der Waals surface area contributed by atoms with Gasteiger partial charge in [0, 0.05) is 39.1 Å². The molecule has 5 nitrogen and oxygen atoms in total. The van der Waals surface area contributed by atoms with Crippen molar-refractivity contribution in [3.63, 3.8) is 0 Å². The number of imidazole rings is 1. The summed E-state index contributed by atoms with van der Waals surface area (Å²) in [6, 6.07) is 11.2. The molecular formula is C22H34IN5. The van der Waals surface area contributed by atoms with Crippen molar-refractivity contribution in [2.24, 2.45) is 10.9 Å². The monoisotopic (exact) mass is 495 g/mol. The highest BCUT2D eigenvalue weighted by Crippen LogP contribution is 2.27. The van der Waals surface area contributed by atoms with Crippen LogP contribution in [0.4, 0.5) is 0 Å². The molecule has 2 aromatic rings. The number of piperidine rings is 1. The third kappa shape index (κ3) is 6.50. The largest absolute Gasteiger partial charge is 0.356 e. The normalized spacial score (nSPS) is 19.9. The molecular weight excluding hydrogens is 461 g/mol. The Kier molecular flexibility index (Phi) is 9.81. The lowest BCUT2D eigenvalue weighted by Crippen LogP contribution is -2.49. The fraction of sp³-hybridized carbons (Fsp3) is 0.545. The van der Waals surface area contributed by atoms with Crippen molar-refractivity contribution in [1.82, 2.24) is 19.8 Å². The van der Waals surface area contributed by atoms with E-state index in [2.05, 4.69) is 68.2 Å². The lowest BCUT2D eigenvalue weighted by atomic mass is 9.93. The fourth-order valence-electron chi connectivity index (χ4n) is 3.90. The van der Waals surface area contributed by atoms with Crippen LogP contribution in [0.3, 0.4) is 0 Å². The summed E-state index contributed by atoms with van der Waals surface area (Å²) < 4.78 is 2.24. The fourth-order valence-corrected chi connectivity index (χ4v) is 3.90. The maximum absolute atomic E-state index is 4.52. The number of aromatic nitrogens is 2. The minimum Gasteiger partial charge on any atom is -0.356 e. The van der Waals surface area contributed by atoms with Gasteiger partial charge < -0.3 is 14.8 Å². The molecule has 0 aliphatic carbocycles. The van der Waals surface area contributed by atoms with Gasteiger partial charge in [0.15, 0.2) is 5.96 Å². The molecule has 0 amide bonds. The highest BCUT2D eigenvalue weighted by Gasteiger charge is 2.28. The molecule has 28 heavy (non-hydrogen) atoms. The van der Waals surface area contributed by atoms with E-state index in [9.17, 15) is 0 Å². The average molecular weight is 495 g/mol. The third-order valence-electron chi connectivity index (χ3n) is 5.61. The number of halogens is 1. The number of hydrogen-bond donors (Lipinski definition) is 1. The molecule has 0 saturated carbocycles. The summed E-state index contributed by atoms with van der Waals surface area (Å²) in [5, 5.41) is 3.57. The molecule has 1 aliphatic rings. The van der Waals surface area contributed by atoms with Crippen LogP contribution in [0.15, 0.2) is 54.0 Å². The van der Waals surface area contributed by atoms with Gasteiger partial charge in [0.1, 0.15) is 0 Å². The molecule has 6 heteroatoms. The summed E-state index contributed by atoms with van der Waals surface area (Å²) in [7, 11) is 1.89. The smallest absolute Gasteiger partial charge is 0.193 e. The summed E-state index contributed by atoms with van der Waals surface area (Å²) in [6.07, 6.45) is 11.9. The molecule has 0 bridgehead atoms. The number of rotatable bonds is 7. The minimum absolute atomic E-state index is 0. The van der Waals surface area contributed by atoms with Gasteiger partial charge in [0.05, 0.1) is 12.4 Å². The number of aryl methyl sites for hydroxylation is 1. The van der Waals surface area contributed by atoms with Crippen LogP contribution in [-0.4, -0.2) is 47.1 Å². The molecule has 2 heterocycles. The van der Waals surface area contributed by atoms with Crippen LogP contribution in [0.2, 0.25) is 0 Å². The van der Waals surface area contributed by atoms with Crippen LogP contribution in [0, 0.1) is 5.92 Å². The number of unbranched alkanes of at least 4 members (excludes halogenated alkanes) is 2. The predicted octanol–water partition coefficient (Wildman–Crippen LogP) is 4.37. The van der Waals surface area contributed by atoms with Crippen LogP contribution in [0.25, 0.3) is 0 Å². The number of hydrogen-bond acceptors (Lipinski definition) is 2. The van der Waals surface area contributed by atoms with Gasteiger partial charge in [-0.3, -0.25) is 4.99 Å². The summed E-state index contributed by atoms with van der Waals surface area (Å²) in [5.74, 6) is 1.70. The van der Waals surface area contributed by atoms with Gasteiger partial charge in [-0.15, -0.1) is 24.0 Å². The van der Waals surface area contributed by atoms with E-state index in [1.165, 1.54) is 37.7 Å². The highest BCUT2D eigenvalue weighted by molar-refractivity contribution is 14.0. The molecule has 1 fully saturated rings. The zero-order valence-corrected chi connectivity index (χ0v) is 19.5. The quantitative estimate of drug-likeness (QED) is 0.269. The lowest BCUT2D eigenvalue weighted by molar-refractivity contribution is 0.189. The number of guanidine groups is 1. The molecule has 1 aromatic heterocycles. The molecule has 2 atom stereocenters. The Morgan fingerprint density at radius 1 is 1.21 bits per heavy atom. The first-order valence-electron chi connectivity index (χ1n) is 10.2. The number of likely N-dealkylation sites (tertiary alicyclic amines) is 1. The van der Waals surface area contributed by atoms with Crippen molar-refractivity contribution in [2.75, 3.05) is 26.7 Å². The molecule has 1 aromatic carbocycles. The lowest BCUT2D eigenvalue weighted by Gasteiger charge is -2.39. The van der Waals surface area contributed by atoms with Crippen molar-refractivity contribution in [2.45, 2.75) is 45.1 Å². The number of aliphatic imine (C=N–C) groups is 1. The van der Waals surface area contributed by atoms with Crippen molar-refractivity contribution in [1.29, 1.82) is 0 Å². The Bertz CT molecular complexity index is 686. The van der Waals surface area contributed by atoms with E-state index in [4.69, 9.17) is 0 Å². The average Bonchev–Trinajstić information content (AvgIpc) is 3.23. The van der Waals surface area contributed by atoms with Crippen molar-refractivity contribution >= 4 is 29.9 Å². The highest BCUT2D eigenvalue weighted by atomic mass is 127. The third-order valence-corrected chi connectivity index (χ3v) is 5.61. The topological polar surface area (TPSA) is 45.5 Å². The van der Waals surface area contributed by atoms with E-state index < -0.39 is 0 Å². The molecule has 1 saturated heterocycles. The number of nitrogens with zero attached hydrogens (tertiary/aromatic N) is 4. The molecule has 0 spiro atoms. The minimum atomic E-state index is 0. The Morgan fingerprint density at radius 3 is 2.75 bits per heavy atom. The summed E-state index contributed by atoms with van der Waals surface area (Å²) in [6.45, 7) is 5.39. The van der Waals surface area contributed by atoms with Crippen LogP contribution < -0.4 is 5.32 Å². The van der Waals surface area contributed by atoms with Crippen LogP contribution in [0.1, 0.15) is 44.2 Å². The second-order valence-corrected chi connectivity index (χ2v) is 7.56. The molecule has 2 unspecified atom stereocenters. The van der Waals surface area contributed by atoms with Crippen molar-refractivity contribution < 1.29 is 0 Å². The number of nitrogens with one attached hydrogen (secondary N) is 1. The van der Waals surface area contributed by atoms with E-state index in [1.54, 1.807) is 0 Å². The Balaban J connectivity index is 0.00000280. The second-order valence-electron chi connectivity index (χ2n) is 7.56. The maximum atomic E-state index is 4.52. The maximum Gasteiger partial charge on any atom is 0.193 e. The van der Waals surface area contributed by atoms with Crippen LogP contribution >= 0.6 is 24.0 Å². The first kappa shape index (κ1) is 22.7. The van der Waals surface area contributed by atoms with E-state index in [0.717, 1.165) is 25.6 Å². The van der Waals surface area contributed by atoms with Gasteiger partial charge in [-0.05, 0) is 37.2 Å². The van der Waals surface area contributed by atoms with Gasteiger partial charge in [-0.25, -0.2) is 4.98 Å². The van der Waals surface area contributed by atoms with Crippen molar-refractivity contribution in [3.05, 3.63) is 54.6 Å². The number of benzene rings is 1. The Labute approximate surface area is 186 Å². The SMILES string of the molecule is CN=C(NCCCCCc1ccccc1)N1CCC(C)C(n2ccnc2)C1.I. The van der Waals surface area contributed by atoms with Crippen molar-refractivity contribution in [3.8, 4) is 0 Å². The summed E-state index contributed by atoms with van der Waals surface area (Å²) >= 11 is 0. The first-order valence-corrected chi connectivity index (χ1v) is 10.2. The molecule has 3 rings (SSSR count). The van der Waals surface area contributed by atoms with Crippen LogP contribution in [0.5, 0.6) is 0 Å². The van der Waals surface area contributed by atoms with Gasteiger partial charge in [-0.2, -0.15) is 0 Å². The molecule has 154 valence electrons. The van der Waals surface area contributed by atoms with Gasteiger partial charge in [0.2, 0.25) is 0 Å². The van der Waals surface area contributed by atoms with E-state index in [1.807, 2.05) is 19.6 Å². The van der Waals surface area contributed by atoms with E-state index >= 15 is 0 Å². The first-order chi connectivity index (χ1) is 13.3. The zero-order valence-electron chi connectivity index (χ0n) is 17.1. The van der Waals surface area contributed by atoms with Gasteiger partial charge in [-0.1, -0.05) is 43.7 Å². The summed E-state index contributed by atoms with van der Waals surface area (Å²) in [5.41, 5.74) is 1.44. The molecule has 1 aliphatic heterocycles. The predicted molar refractivity (Wildman–Crippen MR) is 127 cm³/mol. The van der Waals surface area contributed by atoms with E-state index in [-0.39, 0.29) is 24.0 Å². The second kappa shape index (κ2) is 12.1. The zero-order chi connectivity index (χ0) is 18.9. The molecule has 0 radical (unpaired) electrons. The van der Waals surface area contributed by atoms with Gasteiger partial charge in [0.25, 0.3) is 0 Å². The standard InChI is InChI=1S/C22H33N5.HI/c1-19-12-15-26(17-21(19)27-16-14-24-18-27)22(23-2)25-13-8-4-7-11-20-9-5-3-6-10-20;/h3,5-6,9-10,14,16,18-19,21H,4,7-8,11-13,15,17H2,1-2H3,(H,23,25);1H. The Morgan fingerprint density at radius 2 is 2.04 bits per heavy atom. The molecule has 1 N–H and O–H groups in total. The summed E-state index contributed by atoms with van der Waals surface area (Å²) in [4.78, 5) is 11.1. The van der Waals surface area contributed by atoms with Crippen LogP contribution in [-0.2, 0) is 6.42 Å². The van der Waals surface area contributed by atoms with Gasteiger partial charge >= 0.3 is 0 Å².